The molecule has 0 amide bonds. The van der Waals surface area contributed by atoms with Gasteiger partial charge in [-0.2, -0.15) is 0 Å². The highest BCUT2D eigenvalue weighted by Gasteiger charge is 2.24. The molecule has 7 nitrogen and oxygen atoms in total. The number of rotatable bonds is 6. The summed E-state index contributed by atoms with van der Waals surface area (Å²) < 4.78 is 7.80. The summed E-state index contributed by atoms with van der Waals surface area (Å²) >= 11 is 6.15. The molecule has 0 aliphatic heterocycles. The molecular formula is C33H54ClNO6S. The number of aromatic nitrogens is 1. The summed E-state index contributed by atoms with van der Waals surface area (Å²) in [5.41, 5.74) is 1.52. The van der Waals surface area contributed by atoms with E-state index in [9.17, 15) is 14.7 Å². The fourth-order valence-corrected chi connectivity index (χ4v) is 4.44. The van der Waals surface area contributed by atoms with Gasteiger partial charge in [-0.25, -0.2) is 10.0 Å². The number of ketones is 1. The number of halogens is 1. The number of nitrogens with zero attached hydrogens (tertiary/aromatic N) is 1. The molecule has 0 saturated heterocycles. The zero-order valence-electron chi connectivity index (χ0n) is 27.5. The summed E-state index contributed by atoms with van der Waals surface area (Å²) in [6.07, 6.45) is 13.1. The zero-order chi connectivity index (χ0) is 32.8. The SMILES string of the molecule is CC.CC(C)(C)S(C)(C)C.COc1cn(C(C)CC2CCC(O)CC2)c(=O)cc1-c1cc(Cl)ccc1C(C)=O.O=CO. The third kappa shape index (κ3) is 12.5. The lowest BCUT2D eigenvalue weighted by Crippen LogP contribution is -2.26. The second-order valence-electron chi connectivity index (χ2n) is 12.1. The van der Waals surface area contributed by atoms with Crippen molar-refractivity contribution in [1.82, 2.24) is 4.57 Å². The molecule has 9 heteroatoms. The van der Waals surface area contributed by atoms with Gasteiger partial charge in [-0.05, 0) is 99.1 Å². The lowest BCUT2D eigenvalue weighted by Gasteiger charge is -2.40. The molecule has 2 N–H and O–H groups in total. The standard InChI is InChI=1S/C23H28ClNO4.C7H18S.C2H6.CH2O2/c1-14(10-16-4-7-18(27)8-5-16)25-13-22(29-3)21(12-23(25)28)20-11-17(24)6-9-19(20)15(2)26;1-7(2,3)8(4,5)6;1-2;2-1-3/h6,9,11-14,16,18,27H,4-5,7-8,10H2,1-3H3;1-6H3;1-2H3;1H,(H,2,3). The first-order valence-electron chi connectivity index (χ1n) is 14.5. The molecule has 0 bridgehead atoms. The fraction of sp³-hybridized carbons (Fsp3) is 0.606. The lowest BCUT2D eigenvalue weighted by molar-refractivity contribution is -0.122. The Labute approximate surface area is 260 Å². The normalized spacial score (nSPS) is 17.5. The summed E-state index contributed by atoms with van der Waals surface area (Å²) in [5, 5.41) is 17.1. The summed E-state index contributed by atoms with van der Waals surface area (Å²) in [6.45, 7) is 14.2. The van der Waals surface area contributed by atoms with Crippen LogP contribution in [0.15, 0.2) is 35.3 Å². The van der Waals surface area contributed by atoms with Crippen LogP contribution in [0.1, 0.15) is 97.0 Å². The minimum Gasteiger partial charge on any atom is -0.495 e. The van der Waals surface area contributed by atoms with Gasteiger partial charge in [-0.3, -0.25) is 14.4 Å². The molecule has 1 aliphatic rings. The van der Waals surface area contributed by atoms with Crippen molar-refractivity contribution in [3.63, 3.8) is 0 Å². The van der Waals surface area contributed by atoms with Crippen LogP contribution in [0.5, 0.6) is 5.75 Å². The van der Waals surface area contributed by atoms with Crippen molar-refractivity contribution in [2.24, 2.45) is 5.92 Å². The minimum atomic E-state index is -0.340. The van der Waals surface area contributed by atoms with Crippen LogP contribution >= 0.6 is 21.6 Å². The second-order valence-corrected chi connectivity index (χ2v) is 17.4. The Morgan fingerprint density at radius 1 is 1.12 bits per heavy atom. The number of ether oxygens (including phenoxy) is 1. The number of aliphatic hydroxyl groups is 1. The van der Waals surface area contributed by atoms with Gasteiger partial charge in [-0.15, -0.1) is 0 Å². The van der Waals surface area contributed by atoms with Gasteiger partial charge >= 0.3 is 0 Å². The Morgan fingerprint density at radius 2 is 1.62 bits per heavy atom. The summed E-state index contributed by atoms with van der Waals surface area (Å²) in [6, 6.07) is 6.57. The predicted molar refractivity (Wildman–Crippen MR) is 180 cm³/mol. The number of benzene rings is 1. The van der Waals surface area contributed by atoms with Crippen molar-refractivity contribution in [1.29, 1.82) is 0 Å². The van der Waals surface area contributed by atoms with Gasteiger partial charge in [0.1, 0.15) is 5.75 Å². The maximum absolute atomic E-state index is 12.9. The number of carbonyl (C=O) groups excluding carboxylic acids is 1. The van der Waals surface area contributed by atoms with E-state index >= 15 is 0 Å². The van der Waals surface area contributed by atoms with E-state index in [4.69, 9.17) is 26.2 Å². The van der Waals surface area contributed by atoms with Crippen molar-refractivity contribution in [2.75, 3.05) is 25.9 Å². The van der Waals surface area contributed by atoms with Crippen LogP contribution in [0.4, 0.5) is 0 Å². The number of carbonyl (C=O) groups is 2. The Kier molecular flexibility index (Phi) is 17.4. The van der Waals surface area contributed by atoms with Gasteiger partial charge in [0, 0.05) is 28.3 Å². The number of carboxylic acid groups (broad SMARTS) is 1. The molecule has 1 atom stereocenters. The van der Waals surface area contributed by atoms with Crippen molar-refractivity contribution in [3.8, 4) is 16.9 Å². The van der Waals surface area contributed by atoms with E-state index in [2.05, 4.69) is 39.5 Å². The maximum Gasteiger partial charge on any atom is 0.290 e. The van der Waals surface area contributed by atoms with E-state index in [1.54, 1.807) is 36.1 Å². The molecule has 240 valence electrons. The highest BCUT2D eigenvalue weighted by molar-refractivity contribution is 8.33. The van der Waals surface area contributed by atoms with Gasteiger partial charge in [0.05, 0.1) is 19.4 Å². The third-order valence-electron chi connectivity index (χ3n) is 7.72. The Bertz CT molecular complexity index is 1160. The van der Waals surface area contributed by atoms with Crippen LogP contribution in [0.25, 0.3) is 11.1 Å². The van der Waals surface area contributed by atoms with Gasteiger partial charge in [0.25, 0.3) is 12.0 Å². The highest BCUT2D eigenvalue weighted by Crippen LogP contribution is 2.48. The average Bonchev–Trinajstić information content (AvgIpc) is 2.90. The molecule has 0 radical (unpaired) electrons. The summed E-state index contributed by atoms with van der Waals surface area (Å²) in [5.74, 6) is 0.930. The number of hydrogen-bond acceptors (Lipinski definition) is 5. The van der Waals surface area contributed by atoms with Crippen LogP contribution in [-0.2, 0) is 4.79 Å². The second kappa shape index (κ2) is 18.4. The van der Waals surface area contributed by atoms with Crippen LogP contribution in [0.2, 0.25) is 5.02 Å². The zero-order valence-corrected chi connectivity index (χ0v) is 29.1. The number of methoxy groups -OCH3 is 1. The maximum atomic E-state index is 12.9. The largest absolute Gasteiger partial charge is 0.495 e. The molecule has 0 spiro atoms. The molecule has 1 aromatic carbocycles. The Balaban J connectivity index is 0.00000109. The third-order valence-corrected chi connectivity index (χ3v) is 11.6. The van der Waals surface area contributed by atoms with Gasteiger partial charge < -0.3 is 19.5 Å². The topological polar surface area (TPSA) is 106 Å². The molecule has 1 aliphatic carbocycles. The summed E-state index contributed by atoms with van der Waals surface area (Å²) in [4.78, 5) is 33.4. The monoisotopic (exact) mass is 627 g/mol. The molecule has 1 unspecified atom stereocenters. The number of Topliss-reactive ketones (excluding diaryl/α,β-unsaturated/α-hetero) is 1. The van der Waals surface area contributed by atoms with Gasteiger partial charge in [0.15, 0.2) is 5.78 Å². The smallest absolute Gasteiger partial charge is 0.290 e. The quantitative estimate of drug-likeness (QED) is 0.248. The van der Waals surface area contributed by atoms with Crippen molar-refractivity contribution >= 4 is 33.9 Å². The van der Waals surface area contributed by atoms with Crippen LogP contribution in [0, 0.1) is 5.92 Å². The molecular weight excluding hydrogens is 574 g/mol. The van der Waals surface area contributed by atoms with Crippen molar-refractivity contribution in [3.05, 3.63) is 51.4 Å². The van der Waals surface area contributed by atoms with E-state index in [1.165, 1.54) is 13.0 Å². The van der Waals surface area contributed by atoms with Crippen molar-refractivity contribution < 1.29 is 24.5 Å². The molecule has 1 heterocycles. The first-order valence-corrected chi connectivity index (χ1v) is 17.7. The summed E-state index contributed by atoms with van der Waals surface area (Å²) in [7, 11) is 1.21. The Hall–Kier alpha value is -2.29. The molecule has 3 rings (SSSR count). The first kappa shape index (κ1) is 39.7. The van der Waals surface area contributed by atoms with E-state index in [0.29, 0.717) is 38.1 Å². The highest BCUT2D eigenvalue weighted by atomic mass is 35.5. The molecule has 1 aromatic heterocycles. The fourth-order valence-electron chi connectivity index (χ4n) is 4.27. The number of hydrogen-bond donors (Lipinski definition) is 2. The molecule has 1 saturated carbocycles. The van der Waals surface area contributed by atoms with Crippen LogP contribution in [-0.4, -0.2) is 63.8 Å². The number of aliphatic hydroxyl groups excluding tert-OH is 1. The van der Waals surface area contributed by atoms with Crippen molar-refractivity contribution in [2.45, 2.75) is 97.5 Å². The average molecular weight is 628 g/mol. The predicted octanol–water partition coefficient (Wildman–Crippen LogP) is 8.09. The molecule has 42 heavy (non-hydrogen) atoms. The van der Waals surface area contributed by atoms with E-state index in [-0.39, 0.29) is 40.0 Å². The Morgan fingerprint density at radius 3 is 2.05 bits per heavy atom. The number of pyridine rings is 1. The van der Waals surface area contributed by atoms with E-state index in [0.717, 1.165) is 32.1 Å². The molecule has 1 fully saturated rings. The van der Waals surface area contributed by atoms with E-state index in [1.807, 2.05) is 20.8 Å². The van der Waals surface area contributed by atoms with Gasteiger partial charge in [-0.1, -0.05) is 46.2 Å². The first-order chi connectivity index (χ1) is 19.5. The van der Waals surface area contributed by atoms with Crippen LogP contribution in [0.3, 0.4) is 0 Å². The lowest BCUT2D eigenvalue weighted by atomic mass is 9.83. The van der Waals surface area contributed by atoms with E-state index < -0.39 is 0 Å². The minimum absolute atomic E-state index is 0.0114. The van der Waals surface area contributed by atoms with Crippen LogP contribution < -0.4 is 10.3 Å². The molecule has 2 aromatic rings. The van der Waals surface area contributed by atoms with Gasteiger partial charge in [0.2, 0.25) is 0 Å².